The number of halogens is 1. The maximum Gasteiger partial charge on any atom is 0.303 e. The molecule has 0 spiro atoms. The molecule has 1 aromatic heterocycles. The van der Waals surface area contributed by atoms with Crippen molar-refractivity contribution in [3.63, 3.8) is 0 Å². The molecular formula is C13H12FNO3. The number of carbonyl (C=O) groups is 1. The van der Waals surface area contributed by atoms with Crippen LogP contribution in [-0.4, -0.2) is 16.1 Å². The third-order valence-corrected chi connectivity index (χ3v) is 2.56. The van der Waals surface area contributed by atoms with Gasteiger partial charge < -0.3 is 9.52 Å². The molecule has 18 heavy (non-hydrogen) atoms. The summed E-state index contributed by atoms with van der Waals surface area (Å²) >= 11 is 0. The van der Waals surface area contributed by atoms with Crippen molar-refractivity contribution < 1.29 is 18.7 Å². The van der Waals surface area contributed by atoms with E-state index < -0.39 is 5.97 Å². The number of aromatic nitrogens is 1. The van der Waals surface area contributed by atoms with E-state index in [2.05, 4.69) is 4.98 Å². The number of oxazole rings is 1. The van der Waals surface area contributed by atoms with Crippen molar-refractivity contribution in [2.75, 3.05) is 0 Å². The van der Waals surface area contributed by atoms with Crippen LogP contribution in [0.15, 0.2) is 28.7 Å². The lowest BCUT2D eigenvalue weighted by Gasteiger charge is -1.94. The normalized spacial score (nSPS) is 10.6. The minimum atomic E-state index is -0.874. The van der Waals surface area contributed by atoms with Crippen LogP contribution in [0.2, 0.25) is 0 Å². The highest BCUT2D eigenvalue weighted by Crippen LogP contribution is 2.22. The molecule has 0 amide bonds. The van der Waals surface area contributed by atoms with Crippen LogP contribution in [-0.2, 0) is 11.2 Å². The van der Waals surface area contributed by atoms with Gasteiger partial charge in [-0.2, -0.15) is 0 Å². The number of rotatable bonds is 4. The van der Waals surface area contributed by atoms with Gasteiger partial charge in [0.2, 0.25) is 5.89 Å². The standard InChI is InChI=1S/C13H12FNO3/c1-8-11(6-7-12(16)17)15-13(18-8)9-2-4-10(14)5-3-9/h2-5H,6-7H2,1H3,(H,16,17). The smallest absolute Gasteiger partial charge is 0.303 e. The van der Waals surface area contributed by atoms with Crippen LogP contribution in [0.5, 0.6) is 0 Å². The number of benzene rings is 1. The average molecular weight is 249 g/mol. The fourth-order valence-corrected chi connectivity index (χ4v) is 1.60. The molecule has 0 aliphatic heterocycles. The second kappa shape index (κ2) is 5.00. The summed E-state index contributed by atoms with van der Waals surface area (Å²) < 4.78 is 18.2. The van der Waals surface area contributed by atoms with Gasteiger partial charge >= 0.3 is 5.97 Å². The molecule has 0 fully saturated rings. The number of aliphatic carboxylic acids is 1. The Balaban J connectivity index is 2.22. The average Bonchev–Trinajstić information content (AvgIpc) is 2.69. The highest BCUT2D eigenvalue weighted by atomic mass is 19.1. The molecule has 0 atom stereocenters. The second-order valence-corrected chi connectivity index (χ2v) is 3.92. The van der Waals surface area contributed by atoms with Gasteiger partial charge in [0.05, 0.1) is 12.1 Å². The summed E-state index contributed by atoms with van der Waals surface area (Å²) in [6, 6.07) is 5.79. The molecule has 2 rings (SSSR count). The summed E-state index contributed by atoms with van der Waals surface area (Å²) in [5, 5.41) is 8.62. The Labute approximate surface area is 103 Å². The first-order chi connectivity index (χ1) is 8.56. The first kappa shape index (κ1) is 12.3. The molecule has 1 N–H and O–H groups in total. The van der Waals surface area contributed by atoms with E-state index in [0.29, 0.717) is 29.3 Å². The second-order valence-electron chi connectivity index (χ2n) is 3.92. The lowest BCUT2D eigenvalue weighted by Crippen LogP contribution is -1.98. The molecule has 94 valence electrons. The lowest BCUT2D eigenvalue weighted by molar-refractivity contribution is -0.136. The molecule has 0 bridgehead atoms. The quantitative estimate of drug-likeness (QED) is 0.904. The largest absolute Gasteiger partial charge is 0.481 e. The number of carboxylic acid groups (broad SMARTS) is 1. The van der Waals surface area contributed by atoms with Crippen molar-refractivity contribution in [2.45, 2.75) is 19.8 Å². The molecule has 0 unspecified atom stereocenters. The predicted molar refractivity (Wildman–Crippen MR) is 62.6 cm³/mol. The lowest BCUT2D eigenvalue weighted by atomic mass is 10.2. The Morgan fingerprint density at radius 3 is 2.67 bits per heavy atom. The Kier molecular flexibility index (Phi) is 3.41. The van der Waals surface area contributed by atoms with Crippen molar-refractivity contribution in [1.82, 2.24) is 4.98 Å². The summed E-state index contributed by atoms with van der Waals surface area (Å²) in [6.07, 6.45) is 0.335. The third-order valence-electron chi connectivity index (χ3n) is 2.56. The van der Waals surface area contributed by atoms with E-state index in [1.54, 1.807) is 19.1 Å². The van der Waals surface area contributed by atoms with Gasteiger partial charge in [0, 0.05) is 12.0 Å². The molecule has 5 heteroatoms. The number of hydrogen-bond acceptors (Lipinski definition) is 3. The van der Waals surface area contributed by atoms with Gasteiger partial charge in [0.1, 0.15) is 11.6 Å². The zero-order valence-electron chi connectivity index (χ0n) is 9.81. The fraction of sp³-hybridized carbons (Fsp3) is 0.231. The van der Waals surface area contributed by atoms with Gasteiger partial charge in [0.25, 0.3) is 0 Å². The summed E-state index contributed by atoms with van der Waals surface area (Å²) in [7, 11) is 0. The Morgan fingerprint density at radius 2 is 2.06 bits per heavy atom. The molecule has 2 aromatic rings. The first-order valence-electron chi connectivity index (χ1n) is 5.50. The van der Waals surface area contributed by atoms with Crippen molar-refractivity contribution in [2.24, 2.45) is 0 Å². The minimum Gasteiger partial charge on any atom is -0.481 e. The van der Waals surface area contributed by atoms with Crippen LogP contribution >= 0.6 is 0 Å². The first-order valence-corrected chi connectivity index (χ1v) is 5.50. The molecule has 4 nitrogen and oxygen atoms in total. The van der Waals surface area contributed by atoms with Crippen LogP contribution in [0.25, 0.3) is 11.5 Å². The van der Waals surface area contributed by atoms with Crippen molar-refractivity contribution in [1.29, 1.82) is 0 Å². The maximum absolute atomic E-state index is 12.8. The molecular weight excluding hydrogens is 237 g/mol. The number of aryl methyl sites for hydroxylation is 2. The van der Waals surface area contributed by atoms with E-state index in [1.165, 1.54) is 12.1 Å². The molecule has 0 aliphatic rings. The van der Waals surface area contributed by atoms with Gasteiger partial charge in [-0.1, -0.05) is 0 Å². The molecule has 0 radical (unpaired) electrons. The minimum absolute atomic E-state index is 0.0101. The zero-order valence-corrected chi connectivity index (χ0v) is 9.81. The maximum atomic E-state index is 12.8. The van der Waals surface area contributed by atoms with E-state index in [0.717, 1.165) is 0 Å². The summed E-state index contributed by atoms with van der Waals surface area (Å²) in [5.41, 5.74) is 1.29. The zero-order chi connectivity index (χ0) is 13.1. The van der Waals surface area contributed by atoms with Gasteiger partial charge in [-0.25, -0.2) is 9.37 Å². The van der Waals surface area contributed by atoms with Crippen LogP contribution in [0, 0.1) is 12.7 Å². The van der Waals surface area contributed by atoms with E-state index in [9.17, 15) is 9.18 Å². The molecule has 0 saturated heterocycles. The highest BCUT2D eigenvalue weighted by molar-refractivity contribution is 5.67. The van der Waals surface area contributed by atoms with Crippen molar-refractivity contribution >= 4 is 5.97 Å². The van der Waals surface area contributed by atoms with Gasteiger partial charge in [-0.3, -0.25) is 4.79 Å². The molecule has 1 aromatic carbocycles. The summed E-state index contributed by atoms with van der Waals surface area (Å²) in [5.74, 6) is -0.225. The monoisotopic (exact) mass is 249 g/mol. The van der Waals surface area contributed by atoms with E-state index >= 15 is 0 Å². The number of nitrogens with zero attached hydrogens (tertiary/aromatic N) is 1. The van der Waals surface area contributed by atoms with Gasteiger partial charge in [0.15, 0.2) is 0 Å². The molecule has 0 saturated carbocycles. The van der Waals surface area contributed by atoms with Crippen LogP contribution < -0.4 is 0 Å². The predicted octanol–water partition coefficient (Wildman–Crippen LogP) is 2.81. The fourth-order valence-electron chi connectivity index (χ4n) is 1.60. The van der Waals surface area contributed by atoms with Crippen molar-refractivity contribution in [3.8, 4) is 11.5 Å². The van der Waals surface area contributed by atoms with Crippen LogP contribution in [0.3, 0.4) is 0 Å². The van der Waals surface area contributed by atoms with E-state index in [1.807, 2.05) is 0 Å². The van der Waals surface area contributed by atoms with E-state index in [-0.39, 0.29) is 12.2 Å². The Hall–Kier alpha value is -2.17. The Morgan fingerprint density at radius 1 is 1.39 bits per heavy atom. The molecule has 0 aliphatic carbocycles. The van der Waals surface area contributed by atoms with Gasteiger partial charge in [-0.05, 0) is 31.2 Å². The SMILES string of the molecule is Cc1oc(-c2ccc(F)cc2)nc1CCC(=O)O. The number of hydrogen-bond donors (Lipinski definition) is 1. The van der Waals surface area contributed by atoms with Crippen molar-refractivity contribution in [3.05, 3.63) is 41.5 Å². The molecule has 1 heterocycles. The third kappa shape index (κ3) is 2.74. The van der Waals surface area contributed by atoms with Crippen LogP contribution in [0.1, 0.15) is 17.9 Å². The summed E-state index contributed by atoms with van der Waals surface area (Å²) in [6.45, 7) is 1.73. The number of carboxylic acids is 1. The highest BCUT2D eigenvalue weighted by Gasteiger charge is 2.12. The van der Waals surface area contributed by atoms with E-state index in [4.69, 9.17) is 9.52 Å². The Bertz CT molecular complexity index is 560. The van der Waals surface area contributed by atoms with Gasteiger partial charge in [-0.15, -0.1) is 0 Å². The summed E-state index contributed by atoms with van der Waals surface area (Å²) in [4.78, 5) is 14.7. The van der Waals surface area contributed by atoms with Crippen LogP contribution in [0.4, 0.5) is 4.39 Å². The topological polar surface area (TPSA) is 63.3 Å².